The number of rotatable bonds is 9. The van der Waals surface area contributed by atoms with Gasteiger partial charge in [0.2, 0.25) is 11.8 Å². The van der Waals surface area contributed by atoms with Gasteiger partial charge >= 0.3 is 0 Å². The Morgan fingerprint density at radius 3 is 2.21 bits per heavy atom. The molecule has 0 aliphatic carbocycles. The lowest BCUT2D eigenvalue weighted by molar-refractivity contribution is -0.142. The summed E-state index contributed by atoms with van der Waals surface area (Å²) in [4.78, 5) is 29.5. The van der Waals surface area contributed by atoms with Crippen LogP contribution in [0.2, 0.25) is 0 Å². The summed E-state index contributed by atoms with van der Waals surface area (Å²) < 4.78 is 12.5. The van der Waals surface area contributed by atoms with Gasteiger partial charge in [-0.1, -0.05) is 47.7 Å². The van der Waals surface area contributed by atoms with E-state index in [2.05, 4.69) is 15.6 Å². The molecule has 0 radical (unpaired) electrons. The highest BCUT2D eigenvalue weighted by atomic mass is 16.5. The number of methoxy groups -OCH3 is 2. The number of benzene rings is 3. The first-order chi connectivity index (χ1) is 18.2. The van der Waals surface area contributed by atoms with E-state index in [0.717, 1.165) is 11.1 Å². The molecule has 0 aliphatic heterocycles. The van der Waals surface area contributed by atoms with Crippen LogP contribution in [-0.2, 0) is 22.7 Å². The van der Waals surface area contributed by atoms with Gasteiger partial charge in [-0.3, -0.25) is 9.59 Å². The normalized spacial score (nSPS) is 12.1. The number of amides is 2. The molecule has 4 aromatic rings. The second kappa shape index (κ2) is 11.3. The fraction of sp³-hybridized carbons (Fsp3) is 0.310. The van der Waals surface area contributed by atoms with E-state index in [1.54, 1.807) is 42.0 Å². The van der Waals surface area contributed by atoms with E-state index in [1.165, 1.54) is 0 Å². The van der Waals surface area contributed by atoms with Crippen LogP contribution in [-0.4, -0.2) is 51.5 Å². The second-order valence-electron chi connectivity index (χ2n) is 10.0. The zero-order valence-electron chi connectivity index (χ0n) is 22.3. The lowest BCUT2D eigenvalue weighted by Gasteiger charge is -2.34. The monoisotopic (exact) mass is 515 g/mol. The van der Waals surface area contributed by atoms with Crippen molar-refractivity contribution in [2.45, 2.75) is 45.4 Å². The Morgan fingerprint density at radius 1 is 0.947 bits per heavy atom. The molecular weight excluding hydrogens is 482 g/mol. The molecule has 0 saturated heterocycles. The van der Waals surface area contributed by atoms with Gasteiger partial charge in [-0.05, 0) is 56.2 Å². The summed E-state index contributed by atoms with van der Waals surface area (Å²) in [5.41, 5.74) is 2.35. The zero-order valence-corrected chi connectivity index (χ0v) is 22.3. The number of hydrogen-bond acceptors (Lipinski definition) is 6. The number of fused-ring (bicyclic) bond motifs is 1. The molecule has 38 heavy (non-hydrogen) atoms. The third-order valence-electron chi connectivity index (χ3n) is 5.97. The van der Waals surface area contributed by atoms with Gasteiger partial charge < -0.3 is 19.7 Å². The van der Waals surface area contributed by atoms with Gasteiger partial charge in [0, 0.05) is 18.2 Å². The molecule has 198 valence electrons. The molecule has 1 N–H and O–H groups in total. The molecule has 0 fully saturated rings. The molecule has 4 rings (SSSR count). The average Bonchev–Trinajstić information content (AvgIpc) is 3.30. The number of hydrogen-bond donors (Lipinski definition) is 1. The number of ether oxygens (including phenoxy) is 2. The third kappa shape index (κ3) is 6.29. The van der Waals surface area contributed by atoms with Gasteiger partial charge in [-0.15, -0.1) is 5.10 Å². The van der Waals surface area contributed by atoms with Crippen molar-refractivity contribution in [1.29, 1.82) is 0 Å². The summed E-state index contributed by atoms with van der Waals surface area (Å²) in [6.07, 6.45) is 0. The molecule has 9 nitrogen and oxygen atoms in total. The standard InChI is InChI=1S/C29H33N5O4/c1-29(2,3)30-28(36)27(21-15-22(37-4)17-23(16-21)38-5)33(18-20-11-7-6-8-12-20)26(35)19-34-25-14-10-9-13-24(25)31-32-34/h6-17,27H,18-19H2,1-5H3,(H,30,36)/t27-/m0/s1. The SMILES string of the molecule is COc1cc(OC)cc([C@@H](C(=O)NC(C)(C)C)N(Cc2ccccc2)C(=O)Cn2nnc3ccccc32)c1. The highest BCUT2D eigenvalue weighted by Gasteiger charge is 2.34. The molecule has 0 aliphatic rings. The van der Waals surface area contributed by atoms with Crippen LogP contribution in [0.15, 0.2) is 72.8 Å². The van der Waals surface area contributed by atoms with Crippen molar-refractivity contribution >= 4 is 22.8 Å². The fourth-order valence-electron chi connectivity index (χ4n) is 4.25. The van der Waals surface area contributed by atoms with Crippen LogP contribution in [0.1, 0.15) is 37.9 Å². The van der Waals surface area contributed by atoms with Crippen molar-refractivity contribution in [2.24, 2.45) is 0 Å². The molecule has 0 spiro atoms. The minimum Gasteiger partial charge on any atom is -0.497 e. The second-order valence-corrected chi connectivity index (χ2v) is 10.0. The van der Waals surface area contributed by atoms with Crippen molar-refractivity contribution in [2.75, 3.05) is 14.2 Å². The first-order valence-electron chi connectivity index (χ1n) is 12.3. The molecular formula is C29H33N5O4. The van der Waals surface area contributed by atoms with E-state index < -0.39 is 11.6 Å². The predicted molar refractivity (Wildman–Crippen MR) is 145 cm³/mol. The average molecular weight is 516 g/mol. The highest BCUT2D eigenvalue weighted by molar-refractivity contribution is 5.89. The van der Waals surface area contributed by atoms with E-state index in [9.17, 15) is 9.59 Å². The molecule has 0 bridgehead atoms. The number of nitrogens with one attached hydrogen (secondary N) is 1. The molecule has 1 aromatic heterocycles. The lowest BCUT2D eigenvalue weighted by Crippen LogP contribution is -2.49. The molecule has 3 aromatic carbocycles. The van der Waals surface area contributed by atoms with E-state index in [0.29, 0.717) is 22.6 Å². The Morgan fingerprint density at radius 2 is 1.58 bits per heavy atom. The molecule has 1 heterocycles. The number of carbonyl (C=O) groups excluding carboxylic acids is 2. The smallest absolute Gasteiger partial charge is 0.247 e. The number of carbonyl (C=O) groups is 2. The van der Waals surface area contributed by atoms with Crippen LogP contribution >= 0.6 is 0 Å². The Labute approximate surface area is 222 Å². The first kappa shape index (κ1) is 26.7. The predicted octanol–water partition coefficient (Wildman–Crippen LogP) is 4.13. The summed E-state index contributed by atoms with van der Waals surface area (Å²) in [6.45, 7) is 5.82. The Hall–Kier alpha value is -4.40. The largest absolute Gasteiger partial charge is 0.497 e. The summed E-state index contributed by atoms with van der Waals surface area (Å²) in [7, 11) is 3.09. The Balaban J connectivity index is 1.82. The van der Waals surface area contributed by atoms with Crippen molar-refractivity contribution in [3.8, 4) is 11.5 Å². The maximum absolute atomic E-state index is 14.0. The van der Waals surface area contributed by atoms with Gasteiger partial charge in [-0.2, -0.15) is 0 Å². The van der Waals surface area contributed by atoms with E-state index in [4.69, 9.17) is 9.47 Å². The Kier molecular flexibility index (Phi) is 7.95. The van der Waals surface area contributed by atoms with Gasteiger partial charge in [0.1, 0.15) is 29.6 Å². The summed E-state index contributed by atoms with van der Waals surface area (Å²) >= 11 is 0. The van der Waals surface area contributed by atoms with Crippen LogP contribution < -0.4 is 14.8 Å². The lowest BCUT2D eigenvalue weighted by atomic mass is 10.00. The highest BCUT2D eigenvalue weighted by Crippen LogP contribution is 2.32. The molecule has 2 amide bonds. The molecule has 1 atom stereocenters. The minimum atomic E-state index is -0.972. The Bertz CT molecular complexity index is 1390. The van der Waals surface area contributed by atoms with Gasteiger partial charge in [0.05, 0.1) is 19.7 Å². The van der Waals surface area contributed by atoms with Crippen molar-refractivity contribution < 1.29 is 19.1 Å². The number of nitrogens with zero attached hydrogens (tertiary/aromatic N) is 4. The zero-order chi connectivity index (χ0) is 27.3. The van der Waals surface area contributed by atoms with E-state index in [-0.39, 0.29) is 24.9 Å². The number of para-hydroxylation sites is 1. The van der Waals surface area contributed by atoms with Crippen molar-refractivity contribution in [3.63, 3.8) is 0 Å². The van der Waals surface area contributed by atoms with Crippen molar-refractivity contribution in [1.82, 2.24) is 25.2 Å². The fourth-order valence-corrected chi connectivity index (χ4v) is 4.25. The maximum Gasteiger partial charge on any atom is 0.247 e. The van der Waals surface area contributed by atoms with E-state index >= 15 is 0 Å². The molecule has 9 heteroatoms. The van der Waals surface area contributed by atoms with Crippen LogP contribution in [0, 0.1) is 0 Å². The van der Waals surface area contributed by atoms with E-state index in [1.807, 2.05) is 75.4 Å². The molecule has 0 saturated carbocycles. The molecule has 0 unspecified atom stereocenters. The number of aromatic nitrogens is 3. The summed E-state index contributed by atoms with van der Waals surface area (Å²) in [5, 5.41) is 11.4. The van der Waals surface area contributed by atoms with Crippen molar-refractivity contribution in [3.05, 3.63) is 83.9 Å². The minimum absolute atomic E-state index is 0.0895. The van der Waals surface area contributed by atoms with Crippen LogP contribution in [0.25, 0.3) is 11.0 Å². The summed E-state index contributed by atoms with van der Waals surface area (Å²) in [6, 6.07) is 21.3. The first-order valence-corrected chi connectivity index (χ1v) is 12.3. The summed E-state index contributed by atoms with van der Waals surface area (Å²) in [5.74, 6) is 0.422. The van der Waals surface area contributed by atoms with Gasteiger partial charge in [0.15, 0.2) is 0 Å². The maximum atomic E-state index is 14.0. The van der Waals surface area contributed by atoms with Crippen LogP contribution in [0.3, 0.4) is 0 Å². The van der Waals surface area contributed by atoms with Crippen LogP contribution in [0.4, 0.5) is 0 Å². The quantitative estimate of drug-likeness (QED) is 0.360. The van der Waals surface area contributed by atoms with Gasteiger partial charge in [0.25, 0.3) is 0 Å². The van der Waals surface area contributed by atoms with Crippen LogP contribution in [0.5, 0.6) is 11.5 Å². The topological polar surface area (TPSA) is 98.6 Å². The van der Waals surface area contributed by atoms with Gasteiger partial charge in [-0.25, -0.2) is 4.68 Å². The third-order valence-corrected chi connectivity index (χ3v) is 5.97.